The molecule has 2 aliphatic carbocycles. The number of nitrogens with zero attached hydrogens (tertiary/aromatic N) is 1. The van der Waals surface area contributed by atoms with Gasteiger partial charge in [0, 0.05) is 5.92 Å². The third kappa shape index (κ3) is 1.99. The Kier molecular flexibility index (Phi) is 3.22. The van der Waals surface area contributed by atoms with Crippen molar-refractivity contribution in [2.45, 2.75) is 51.4 Å². The maximum Gasteiger partial charge on any atom is 0.0641 e. The van der Waals surface area contributed by atoms with Gasteiger partial charge in [0.15, 0.2) is 0 Å². The first-order chi connectivity index (χ1) is 6.92. The van der Waals surface area contributed by atoms with Gasteiger partial charge in [-0.15, -0.1) is 0 Å². The summed E-state index contributed by atoms with van der Waals surface area (Å²) >= 11 is 0. The first-order valence-corrected chi connectivity index (χ1v) is 5.81. The fraction of sp³-hybridized carbons (Fsp3) is 0.750. The first kappa shape index (κ1) is 9.75. The minimum atomic E-state index is 0.481. The van der Waals surface area contributed by atoms with Gasteiger partial charge in [-0.3, -0.25) is 0 Å². The fourth-order valence-corrected chi connectivity index (χ4v) is 2.69. The summed E-state index contributed by atoms with van der Waals surface area (Å²) in [6.07, 6.45) is 12.2. The molecule has 1 saturated carbocycles. The molecule has 0 aromatic heterocycles. The van der Waals surface area contributed by atoms with E-state index in [1.54, 1.807) is 5.57 Å². The average Bonchev–Trinajstić information content (AvgIpc) is 2.30. The van der Waals surface area contributed by atoms with Crippen molar-refractivity contribution in [3.63, 3.8) is 0 Å². The molecule has 0 bridgehead atoms. The molecule has 1 atom stereocenters. The zero-order valence-corrected chi connectivity index (χ0v) is 8.71. The van der Waals surface area contributed by atoms with Crippen LogP contribution in [0.2, 0.25) is 0 Å². The predicted octanol–water partition coefficient (Wildman–Crippen LogP) is 3.51. The summed E-state index contributed by atoms with van der Waals surface area (Å²) in [6.45, 7) is 0. The third-order valence-corrected chi connectivity index (χ3v) is 3.48. The van der Waals surface area contributed by atoms with E-state index in [2.05, 4.69) is 11.2 Å². The smallest absolute Gasteiger partial charge is 0.0641 e. The summed E-state index contributed by atoms with van der Waals surface area (Å²) in [5.74, 6) is 0.481. The number of allylic oxidation sites excluding steroid dienone is 2. The van der Waals surface area contributed by atoms with Crippen molar-refractivity contribution < 1.29 is 5.21 Å². The van der Waals surface area contributed by atoms with Gasteiger partial charge in [-0.25, -0.2) is 0 Å². The second-order valence-corrected chi connectivity index (χ2v) is 4.41. The first-order valence-electron chi connectivity index (χ1n) is 5.81. The molecule has 1 fully saturated rings. The Morgan fingerprint density at radius 2 is 2.00 bits per heavy atom. The standard InChI is InChI=1S/C12H19NO/c14-13-12-9-5-4-8-11(12)10-6-2-1-3-7-10/h6,11,14H,1-5,7-9H2/b13-12-/t11-/m0/s1. The van der Waals surface area contributed by atoms with E-state index in [1.807, 2.05) is 0 Å². The van der Waals surface area contributed by atoms with E-state index >= 15 is 0 Å². The van der Waals surface area contributed by atoms with E-state index in [0.717, 1.165) is 12.1 Å². The normalized spacial score (nSPS) is 31.6. The Bertz CT molecular complexity index is 255. The van der Waals surface area contributed by atoms with Crippen molar-refractivity contribution in [3.05, 3.63) is 11.6 Å². The Labute approximate surface area is 85.7 Å². The maximum atomic E-state index is 8.95. The molecule has 0 unspecified atom stereocenters. The van der Waals surface area contributed by atoms with Crippen LogP contribution in [0.3, 0.4) is 0 Å². The lowest BCUT2D eigenvalue weighted by molar-refractivity contribution is 0.310. The molecule has 1 N–H and O–H groups in total. The number of rotatable bonds is 1. The van der Waals surface area contributed by atoms with Crippen LogP contribution >= 0.6 is 0 Å². The van der Waals surface area contributed by atoms with E-state index in [9.17, 15) is 0 Å². The second kappa shape index (κ2) is 4.63. The summed E-state index contributed by atoms with van der Waals surface area (Å²) < 4.78 is 0. The van der Waals surface area contributed by atoms with Crippen LogP contribution in [0.25, 0.3) is 0 Å². The summed E-state index contributed by atoms with van der Waals surface area (Å²) in [4.78, 5) is 0. The molecule has 0 aromatic rings. The van der Waals surface area contributed by atoms with Crippen LogP contribution in [-0.4, -0.2) is 10.9 Å². The molecule has 14 heavy (non-hydrogen) atoms. The lowest BCUT2D eigenvalue weighted by atomic mass is 9.78. The summed E-state index contributed by atoms with van der Waals surface area (Å²) in [6, 6.07) is 0. The van der Waals surface area contributed by atoms with Crippen molar-refractivity contribution in [1.29, 1.82) is 0 Å². The molecule has 2 aliphatic rings. The van der Waals surface area contributed by atoms with Crippen molar-refractivity contribution >= 4 is 5.71 Å². The van der Waals surface area contributed by atoms with Crippen LogP contribution in [0.1, 0.15) is 51.4 Å². The van der Waals surface area contributed by atoms with E-state index in [-0.39, 0.29) is 0 Å². The minimum absolute atomic E-state index is 0.481. The maximum absolute atomic E-state index is 8.95. The van der Waals surface area contributed by atoms with Gasteiger partial charge in [0.05, 0.1) is 5.71 Å². The van der Waals surface area contributed by atoms with Gasteiger partial charge in [-0.1, -0.05) is 23.2 Å². The average molecular weight is 193 g/mol. The van der Waals surface area contributed by atoms with E-state index < -0.39 is 0 Å². The van der Waals surface area contributed by atoms with Crippen molar-refractivity contribution in [2.75, 3.05) is 0 Å². The molecule has 78 valence electrons. The number of hydrogen-bond donors (Lipinski definition) is 1. The minimum Gasteiger partial charge on any atom is -0.411 e. The molecular formula is C12H19NO. The molecular weight excluding hydrogens is 174 g/mol. The summed E-state index contributed by atoms with van der Waals surface area (Å²) in [5.41, 5.74) is 2.58. The molecule has 0 aromatic carbocycles. The van der Waals surface area contributed by atoms with Crippen LogP contribution in [0.5, 0.6) is 0 Å². The largest absolute Gasteiger partial charge is 0.411 e. The Hall–Kier alpha value is -0.790. The molecule has 0 radical (unpaired) electrons. The zero-order valence-electron chi connectivity index (χ0n) is 8.71. The third-order valence-electron chi connectivity index (χ3n) is 3.48. The highest BCUT2D eigenvalue weighted by atomic mass is 16.4. The predicted molar refractivity (Wildman–Crippen MR) is 57.7 cm³/mol. The highest BCUT2D eigenvalue weighted by Crippen LogP contribution is 2.33. The van der Waals surface area contributed by atoms with Gasteiger partial charge in [0.25, 0.3) is 0 Å². The summed E-state index contributed by atoms with van der Waals surface area (Å²) in [7, 11) is 0. The van der Waals surface area contributed by atoms with Gasteiger partial charge in [-0.05, 0) is 44.9 Å². The molecule has 0 heterocycles. The van der Waals surface area contributed by atoms with E-state index in [4.69, 9.17) is 5.21 Å². The van der Waals surface area contributed by atoms with Crippen LogP contribution in [-0.2, 0) is 0 Å². The highest BCUT2D eigenvalue weighted by Gasteiger charge is 2.24. The van der Waals surface area contributed by atoms with Gasteiger partial charge >= 0.3 is 0 Å². The lowest BCUT2D eigenvalue weighted by Crippen LogP contribution is -2.22. The Morgan fingerprint density at radius 3 is 2.71 bits per heavy atom. The van der Waals surface area contributed by atoms with Crippen LogP contribution < -0.4 is 0 Å². The van der Waals surface area contributed by atoms with E-state index in [1.165, 1.54) is 44.9 Å². The SMILES string of the molecule is O/N=C1/CCCC[C@H]1C1=CCCCC1. The van der Waals surface area contributed by atoms with Gasteiger partial charge in [0.2, 0.25) is 0 Å². The molecule has 2 rings (SSSR count). The molecule has 2 nitrogen and oxygen atoms in total. The second-order valence-electron chi connectivity index (χ2n) is 4.41. The number of oxime groups is 1. The molecule has 2 heteroatoms. The highest BCUT2D eigenvalue weighted by molar-refractivity contribution is 5.89. The van der Waals surface area contributed by atoms with Crippen LogP contribution in [0.15, 0.2) is 16.8 Å². The fourth-order valence-electron chi connectivity index (χ4n) is 2.69. The molecule has 0 spiro atoms. The van der Waals surface area contributed by atoms with Gasteiger partial charge in [-0.2, -0.15) is 0 Å². The van der Waals surface area contributed by atoms with Crippen LogP contribution in [0, 0.1) is 5.92 Å². The Morgan fingerprint density at radius 1 is 1.14 bits per heavy atom. The topological polar surface area (TPSA) is 32.6 Å². The number of hydrogen-bond acceptors (Lipinski definition) is 2. The molecule has 0 saturated heterocycles. The zero-order chi connectivity index (χ0) is 9.80. The van der Waals surface area contributed by atoms with E-state index in [0.29, 0.717) is 5.92 Å². The summed E-state index contributed by atoms with van der Waals surface area (Å²) in [5, 5.41) is 12.4. The molecule has 0 aliphatic heterocycles. The monoisotopic (exact) mass is 193 g/mol. The van der Waals surface area contributed by atoms with Crippen molar-refractivity contribution in [2.24, 2.45) is 11.1 Å². The van der Waals surface area contributed by atoms with Crippen LogP contribution in [0.4, 0.5) is 0 Å². The van der Waals surface area contributed by atoms with Crippen molar-refractivity contribution in [1.82, 2.24) is 0 Å². The lowest BCUT2D eigenvalue weighted by Gasteiger charge is -2.27. The molecule has 0 amide bonds. The Balaban J connectivity index is 2.10. The van der Waals surface area contributed by atoms with Crippen molar-refractivity contribution in [3.8, 4) is 0 Å². The van der Waals surface area contributed by atoms with Gasteiger partial charge < -0.3 is 5.21 Å². The quantitative estimate of drug-likeness (QED) is 0.386. The van der Waals surface area contributed by atoms with Gasteiger partial charge in [0.1, 0.15) is 0 Å².